The summed E-state index contributed by atoms with van der Waals surface area (Å²) in [7, 11) is -1.51. The molecule has 0 unspecified atom stereocenters. The predicted octanol–water partition coefficient (Wildman–Crippen LogP) is 4.06. The van der Waals surface area contributed by atoms with Crippen molar-refractivity contribution in [1.82, 2.24) is 9.55 Å². The fourth-order valence-corrected chi connectivity index (χ4v) is 5.52. The molecule has 1 saturated heterocycles. The number of nitrogens with one attached hydrogen (secondary N) is 2. The van der Waals surface area contributed by atoms with Crippen LogP contribution >= 0.6 is 0 Å². The Balaban J connectivity index is 1.59. The first-order chi connectivity index (χ1) is 16.6. The summed E-state index contributed by atoms with van der Waals surface area (Å²) in [6.07, 6.45) is -1.93. The molecular formula is C24H25F3N4O3S. The summed E-state index contributed by atoms with van der Waals surface area (Å²) in [6.45, 7) is -0.955. The molecule has 1 aromatic carbocycles. The lowest BCUT2D eigenvalue weighted by Crippen LogP contribution is -2.32. The third kappa shape index (κ3) is 6.39. The lowest BCUT2D eigenvalue weighted by molar-refractivity contribution is -0.140. The quantitative estimate of drug-likeness (QED) is 0.491. The smallest absolute Gasteiger partial charge is 0.406 e. The third-order valence-electron chi connectivity index (χ3n) is 5.74. The summed E-state index contributed by atoms with van der Waals surface area (Å²) in [6, 6.07) is 10.1. The number of hydrogen-bond acceptors (Lipinski definition) is 6. The zero-order valence-corrected chi connectivity index (χ0v) is 19.8. The van der Waals surface area contributed by atoms with Gasteiger partial charge in [0, 0.05) is 35.1 Å². The van der Waals surface area contributed by atoms with Gasteiger partial charge in [-0.3, -0.25) is 0 Å². The summed E-state index contributed by atoms with van der Waals surface area (Å²) in [4.78, 5) is 4.02. The van der Waals surface area contributed by atoms with Gasteiger partial charge < -0.3 is 19.9 Å². The van der Waals surface area contributed by atoms with Gasteiger partial charge in [-0.05, 0) is 43.0 Å². The second-order valence-electron chi connectivity index (χ2n) is 8.28. The van der Waals surface area contributed by atoms with Gasteiger partial charge in [0.1, 0.15) is 16.4 Å². The molecule has 2 aromatic heterocycles. The number of sulfone groups is 1. The van der Waals surface area contributed by atoms with E-state index in [1.165, 1.54) is 7.11 Å². The van der Waals surface area contributed by atoms with Crippen LogP contribution in [0.15, 0.2) is 42.6 Å². The van der Waals surface area contributed by atoms with Gasteiger partial charge in [-0.15, -0.1) is 0 Å². The molecule has 7 nitrogen and oxygen atoms in total. The molecule has 1 aliphatic heterocycles. The number of nitrogens with zero attached hydrogens (tertiary/aromatic N) is 2. The molecule has 0 radical (unpaired) electrons. The van der Waals surface area contributed by atoms with Crippen molar-refractivity contribution >= 4 is 32.1 Å². The lowest BCUT2D eigenvalue weighted by Gasteiger charge is -2.24. The van der Waals surface area contributed by atoms with Gasteiger partial charge in [-0.2, -0.15) is 13.2 Å². The largest absolute Gasteiger partial charge is 0.481 e. The molecule has 0 atom stereocenters. The number of alkyl halides is 3. The topological polar surface area (TPSA) is 85.3 Å². The molecular weight excluding hydrogens is 481 g/mol. The number of fused-ring (bicyclic) bond motifs is 1. The van der Waals surface area contributed by atoms with E-state index in [1.807, 2.05) is 0 Å². The number of ether oxygens (including phenoxy) is 1. The van der Waals surface area contributed by atoms with Crippen molar-refractivity contribution in [2.45, 2.75) is 31.6 Å². The van der Waals surface area contributed by atoms with Gasteiger partial charge in [0.15, 0.2) is 0 Å². The standard InChI is InChI=1S/C24H25F3N4O3S/c1-34-23-14-18(7-11-29-23)28-10-3-4-19-15-20-21(30-17-8-12-35(32,33)13-9-17)5-2-6-22(20)31(19)16-24(25,26)27/h2,5-7,11,14-15,17,30H,8-10,12-13,16H2,1H3,(H,28,29). The van der Waals surface area contributed by atoms with Crippen LogP contribution in [0.5, 0.6) is 5.88 Å². The highest BCUT2D eigenvalue weighted by molar-refractivity contribution is 7.91. The first-order valence-electron chi connectivity index (χ1n) is 11.0. The Hall–Kier alpha value is -3.39. The van der Waals surface area contributed by atoms with Crippen LogP contribution in [0.4, 0.5) is 24.5 Å². The summed E-state index contributed by atoms with van der Waals surface area (Å²) in [5.74, 6) is 6.38. The fourth-order valence-electron chi connectivity index (χ4n) is 4.03. The van der Waals surface area contributed by atoms with E-state index in [4.69, 9.17) is 4.74 Å². The van der Waals surface area contributed by atoms with E-state index >= 15 is 0 Å². The highest BCUT2D eigenvalue weighted by atomic mass is 32.2. The molecule has 2 N–H and O–H groups in total. The number of halogens is 3. The van der Waals surface area contributed by atoms with E-state index in [0.29, 0.717) is 35.3 Å². The maximum Gasteiger partial charge on any atom is 0.406 e. The molecule has 0 spiro atoms. The van der Waals surface area contributed by atoms with Crippen molar-refractivity contribution in [2.24, 2.45) is 0 Å². The number of aromatic nitrogens is 2. The van der Waals surface area contributed by atoms with Crippen molar-refractivity contribution < 1.29 is 26.3 Å². The molecule has 0 aliphatic carbocycles. The maximum atomic E-state index is 13.4. The number of anilines is 2. The molecule has 186 valence electrons. The van der Waals surface area contributed by atoms with Crippen molar-refractivity contribution in [3.8, 4) is 17.7 Å². The van der Waals surface area contributed by atoms with E-state index in [1.54, 1.807) is 42.6 Å². The van der Waals surface area contributed by atoms with Crippen molar-refractivity contribution in [1.29, 1.82) is 0 Å². The Labute approximate surface area is 201 Å². The van der Waals surface area contributed by atoms with Crippen LogP contribution in [0.3, 0.4) is 0 Å². The monoisotopic (exact) mass is 506 g/mol. The second-order valence-corrected chi connectivity index (χ2v) is 10.6. The molecule has 0 bridgehead atoms. The molecule has 3 aromatic rings. The van der Waals surface area contributed by atoms with Crippen molar-refractivity contribution in [3.63, 3.8) is 0 Å². The van der Waals surface area contributed by atoms with Crippen LogP contribution in [-0.2, 0) is 16.4 Å². The van der Waals surface area contributed by atoms with Gasteiger partial charge >= 0.3 is 6.18 Å². The second kappa shape index (κ2) is 10.1. The number of pyridine rings is 1. The van der Waals surface area contributed by atoms with Gasteiger partial charge in [0.25, 0.3) is 0 Å². The lowest BCUT2D eigenvalue weighted by atomic mass is 10.1. The van der Waals surface area contributed by atoms with Crippen LogP contribution in [0.1, 0.15) is 18.5 Å². The average molecular weight is 507 g/mol. The van der Waals surface area contributed by atoms with Gasteiger partial charge in [0.05, 0.1) is 36.4 Å². The normalized spacial score (nSPS) is 15.9. The van der Waals surface area contributed by atoms with E-state index < -0.39 is 22.6 Å². The molecule has 35 heavy (non-hydrogen) atoms. The first kappa shape index (κ1) is 24.7. The number of rotatable bonds is 6. The maximum absolute atomic E-state index is 13.4. The minimum Gasteiger partial charge on any atom is -0.481 e. The van der Waals surface area contributed by atoms with Crippen LogP contribution in [0, 0.1) is 11.8 Å². The fraction of sp³-hybridized carbons (Fsp3) is 0.375. The van der Waals surface area contributed by atoms with Gasteiger partial charge in [0.2, 0.25) is 5.88 Å². The van der Waals surface area contributed by atoms with E-state index in [9.17, 15) is 21.6 Å². The molecule has 1 fully saturated rings. The Bertz CT molecular complexity index is 1360. The summed E-state index contributed by atoms with van der Waals surface area (Å²) in [5.41, 5.74) is 2.04. The molecule has 11 heteroatoms. The Morgan fingerprint density at radius 2 is 1.97 bits per heavy atom. The van der Waals surface area contributed by atoms with Gasteiger partial charge in [-0.25, -0.2) is 13.4 Å². The van der Waals surface area contributed by atoms with Crippen molar-refractivity contribution in [2.75, 3.05) is 35.8 Å². The van der Waals surface area contributed by atoms with Crippen molar-refractivity contribution in [3.05, 3.63) is 48.3 Å². The average Bonchev–Trinajstić information content (AvgIpc) is 3.15. The zero-order chi connectivity index (χ0) is 25.1. The van der Waals surface area contributed by atoms with Crippen LogP contribution in [0.2, 0.25) is 0 Å². The predicted molar refractivity (Wildman–Crippen MR) is 129 cm³/mol. The molecule has 0 amide bonds. The van der Waals surface area contributed by atoms with E-state index in [-0.39, 0.29) is 29.8 Å². The highest BCUT2D eigenvalue weighted by Gasteiger charge is 2.30. The Morgan fingerprint density at radius 1 is 1.20 bits per heavy atom. The van der Waals surface area contributed by atoms with Crippen LogP contribution < -0.4 is 15.4 Å². The highest BCUT2D eigenvalue weighted by Crippen LogP contribution is 2.31. The summed E-state index contributed by atoms with van der Waals surface area (Å²) in [5, 5.41) is 7.02. The Kier molecular flexibility index (Phi) is 7.12. The molecule has 0 saturated carbocycles. The van der Waals surface area contributed by atoms with Crippen LogP contribution in [0.25, 0.3) is 10.9 Å². The minimum absolute atomic E-state index is 0.0637. The molecule has 1 aliphatic rings. The summed E-state index contributed by atoms with van der Waals surface area (Å²) >= 11 is 0. The number of benzene rings is 1. The first-order valence-corrected chi connectivity index (χ1v) is 12.8. The number of methoxy groups -OCH3 is 1. The third-order valence-corrected chi connectivity index (χ3v) is 7.45. The minimum atomic E-state index is -4.42. The summed E-state index contributed by atoms with van der Waals surface area (Å²) < 4.78 is 69.8. The SMILES string of the molecule is COc1cc(NCC#Cc2cc3c(NC4CCS(=O)(=O)CC4)cccc3n2CC(F)(F)F)ccn1. The van der Waals surface area contributed by atoms with E-state index in [0.717, 1.165) is 10.3 Å². The van der Waals surface area contributed by atoms with E-state index in [2.05, 4.69) is 27.5 Å². The zero-order valence-electron chi connectivity index (χ0n) is 19.0. The molecule has 3 heterocycles. The Morgan fingerprint density at radius 3 is 2.69 bits per heavy atom. The van der Waals surface area contributed by atoms with Gasteiger partial charge in [-0.1, -0.05) is 12.0 Å². The number of hydrogen-bond donors (Lipinski definition) is 2. The molecule has 4 rings (SSSR count). The van der Waals surface area contributed by atoms with Crippen LogP contribution in [-0.4, -0.2) is 55.3 Å².